The Bertz CT molecular complexity index is 579. The molecule has 1 aromatic heterocycles. The van der Waals surface area contributed by atoms with Crippen LogP contribution in [0.5, 0.6) is 0 Å². The minimum atomic E-state index is -0.0539. The molecule has 0 saturated carbocycles. The van der Waals surface area contributed by atoms with Crippen molar-refractivity contribution in [1.29, 1.82) is 0 Å². The fraction of sp³-hybridized carbons (Fsp3) is 0.412. The Morgan fingerprint density at radius 1 is 1.14 bits per heavy atom. The second-order valence-corrected chi connectivity index (χ2v) is 5.94. The normalized spacial score (nSPS) is 11.4. The summed E-state index contributed by atoms with van der Waals surface area (Å²) < 4.78 is 0. The van der Waals surface area contributed by atoms with Crippen molar-refractivity contribution in [3.8, 4) is 0 Å². The highest BCUT2D eigenvalue weighted by Crippen LogP contribution is 2.20. The van der Waals surface area contributed by atoms with Gasteiger partial charge in [-0.05, 0) is 32.3 Å². The largest absolute Gasteiger partial charge is 0.384 e. The van der Waals surface area contributed by atoms with Crippen LogP contribution >= 0.6 is 0 Å². The number of nitrogens with zero attached hydrogens (tertiary/aromatic N) is 2. The Balaban J connectivity index is 2.01. The molecule has 0 saturated heterocycles. The maximum Gasteiger partial charge on any atom is 0.132 e. The molecule has 0 aliphatic rings. The summed E-state index contributed by atoms with van der Waals surface area (Å²) in [6, 6.07) is 12.3. The zero-order valence-electron chi connectivity index (χ0n) is 13.1. The van der Waals surface area contributed by atoms with Crippen LogP contribution in [0, 0.1) is 0 Å². The van der Waals surface area contributed by atoms with Crippen molar-refractivity contribution in [3.63, 3.8) is 0 Å². The number of nitrogens with one attached hydrogen (secondary N) is 1. The summed E-state index contributed by atoms with van der Waals surface area (Å²) in [6.07, 6.45) is 2.83. The molecule has 0 bridgehead atoms. The maximum atomic E-state index is 5.83. The molecule has 0 spiro atoms. The summed E-state index contributed by atoms with van der Waals surface area (Å²) in [5.41, 5.74) is 7.12. The molecule has 2 aromatic rings. The molecule has 3 N–H and O–H groups in total. The predicted octanol–water partition coefficient (Wildman–Crippen LogP) is 3.44. The molecular weight excluding hydrogens is 260 g/mol. The number of nitrogens with two attached hydrogens (primary N) is 1. The van der Waals surface area contributed by atoms with Crippen LogP contribution in [-0.2, 0) is 12.8 Å². The van der Waals surface area contributed by atoms with Gasteiger partial charge in [-0.15, -0.1) is 0 Å². The van der Waals surface area contributed by atoms with Crippen LogP contribution in [0.1, 0.15) is 38.6 Å². The van der Waals surface area contributed by atoms with Crippen molar-refractivity contribution in [1.82, 2.24) is 9.97 Å². The Morgan fingerprint density at radius 3 is 2.52 bits per heavy atom. The summed E-state index contributed by atoms with van der Waals surface area (Å²) in [5, 5.41) is 3.47. The first kappa shape index (κ1) is 15.3. The summed E-state index contributed by atoms with van der Waals surface area (Å²) in [5.74, 6) is 2.09. The number of hydrogen-bond acceptors (Lipinski definition) is 4. The van der Waals surface area contributed by atoms with Gasteiger partial charge in [0.05, 0.1) is 0 Å². The van der Waals surface area contributed by atoms with Crippen molar-refractivity contribution in [3.05, 3.63) is 47.8 Å². The van der Waals surface area contributed by atoms with Gasteiger partial charge in [0, 0.05) is 18.0 Å². The molecule has 4 nitrogen and oxygen atoms in total. The number of nitrogen functional groups attached to an aromatic ring is 1. The van der Waals surface area contributed by atoms with Gasteiger partial charge in [0.1, 0.15) is 17.5 Å². The summed E-state index contributed by atoms with van der Waals surface area (Å²) >= 11 is 0. The standard InChI is InChI=1S/C17H24N4/c1-4-15-19-14(18)12-16(20-15)21-17(2,3)11-10-13-8-6-5-7-9-13/h5-9,12H,4,10-11H2,1-3H3,(H3,18,19,20,21). The summed E-state index contributed by atoms with van der Waals surface area (Å²) in [6.45, 7) is 6.39. The van der Waals surface area contributed by atoms with E-state index >= 15 is 0 Å². The number of aryl methyl sites for hydroxylation is 2. The number of hydrogen-bond donors (Lipinski definition) is 2. The second-order valence-electron chi connectivity index (χ2n) is 5.94. The number of benzene rings is 1. The first-order valence-electron chi connectivity index (χ1n) is 7.44. The van der Waals surface area contributed by atoms with E-state index in [-0.39, 0.29) is 5.54 Å². The van der Waals surface area contributed by atoms with Crippen LogP contribution in [0.15, 0.2) is 36.4 Å². The molecule has 1 aromatic carbocycles. The van der Waals surface area contributed by atoms with Crippen molar-refractivity contribution in [2.45, 2.75) is 45.6 Å². The van der Waals surface area contributed by atoms with Crippen LogP contribution in [-0.4, -0.2) is 15.5 Å². The molecule has 1 heterocycles. The predicted molar refractivity (Wildman–Crippen MR) is 88.3 cm³/mol. The molecule has 4 heteroatoms. The van der Waals surface area contributed by atoms with Crippen molar-refractivity contribution in [2.75, 3.05) is 11.1 Å². The van der Waals surface area contributed by atoms with E-state index in [4.69, 9.17) is 5.73 Å². The molecule has 0 atom stereocenters. The van der Waals surface area contributed by atoms with Gasteiger partial charge in [-0.2, -0.15) is 0 Å². The molecular formula is C17H24N4. The Hall–Kier alpha value is -2.10. The Labute approximate surface area is 126 Å². The molecule has 0 aliphatic carbocycles. The van der Waals surface area contributed by atoms with E-state index in [2.05, 4.69) is 53.4 Å². The Kier molecular flexibility index (Phi) is 4.78. The van der Waals surface area contributed by atoms with Gasteiger partial charge in [-0.3, -0.25) is 0 Å². The van der Waals surface area contributed by atoms with E-state index in [9.17, 15) is 0 Å². The Morgan fingerprint density at radius 2 is 1.86 bits per heavy atom. The lowest BCUT2D eigenvalue weighted by molar-refractivity contribution is 0.516. The van der Waals surface area contributed by atoms with Crippen molar-refractivity contribution < 1.29 is 0 Å². The van der Waals surface area contributed by atoms with Gasteiger partial charge in [-0.25, -0.2) is 9.97 Å². The minimum Gasteiger partial charge on any atom is -0.384 e. The lowest BCUT2D eigenvalue weighted by Gasteiger charge is -2.27. The third kappa shape index (κ3) is 4.74. The van der Waals surface area contributed by atoms with Gasteiger partial charge >= 0.3 is 0 Å². The van der Waals surface area contributed by atoms with Gasteiger partial charge in [0.15, 0.2) is 0 Å². The fourth-order valence-corrected chi connectivity index (χ4v) is 2.25. The first-order valence-corrected chi connectivity index (χ1v) is 7.44. The van der Waals surface area contributed by atoms with E-state index in [1.807, 2.05) is 13.0 Å². The van der Waals surface area contributed by atoms with E-state index < -0.39 is 0 Å². The molecule has 21 heavy (non-hydrogen) atoms. The SMILES string of the molecule is CCc1nc(N)cc(NC(C)(C)CCc2ccccc2)n1. The molecule has 0 aliphatic heterocycles. The van der Waals surface area contributed by atoms with E-state index in [0.717, 1.165) is 30.9 Å². The highest BCUT2D eigenvalue weighted by molar-refractivity contribution is 5.46. The van der Waals surface area contributed by atoms with Gasteiger partial charge in [0.25, 0.3) is 0 Å². The van der Waals surface area contributed by atoms with Gasteiger partial charge in [0.2, 0.25) is 0 Å². The second kappa shape index (κ2) is 6.57. The minimum absolute atomic E-state index is 0.0539. The third-order valence-corrected chi connectivity index (χ3v) is 3.46. The zero-order chi connectivity index (χ0) is 15.3. The van der Waals surface area contributed by atoms with Gasteiger partial charge < -0.3 is 11.1 Å². The zero-order valence-corrected chi connectivity index (χ0v) is 13.1. The molecule has 0 unspecified atom stereocenters. The highest BCUT2D eigenvalue weighted by atomic mass is 15.1. The molecule has 112 valence electrons. The number of rotatable bonds is 6. The number of anilines is 2. The average molecular weight is 284 g/mol. The monoisotopic (exact) mass is 284 g/mol. The van der Waals surface area contributed by atoms with Crippen LogP contribution < -0.4 is 11.1 Å². The number of aromatic nitrogens is 2. The lowest BCUT2D eigenvalue weighted by atomic mass is 9.95. The van der Waals surface area contributed by atoms with Crippen molar-refractivity contribution in [2.24, 2.45) is 0 Å². The van der Waals surface area contributed by atoms with Crippen molar-refractivity contribution >= 4 is 11.6 Å². The summed E-state index contributed by atoms with van der Waals surface area (Å²) in [4.78, 5) is 8.69. The van der Waals surface area contributed by atoms with E-state index in [1.54, 1.807) is 6.07 Å². The van der Waals surface area contributed by atoms with E-state index in [1.165, 1.54) is 5.56 Å². The van der Waals surface area contributed by atoms with Crippen LogP contribution in [0.4, 0.5) is 11.6 Å². The maximum absolute atomic E-state index is 5.83. The van der Waals surface area contributed by atoms with Crippen LogP contribution in [0.3, 0.4) is 0 Å². The lowest BCUT2D eigenvalue weighted by Crippen LogP contribution is -2.32. The quantitative estimate of drug-likeness (QED) is 0.853. The highest BCUT2D eigenvalue weighted by Gasteiger charge is 2.18. The molecule has 0 fully saturated rings. The molecule has 0 amide bonds. The topological polar surface area (TPSA) is 63.8 Å². The van der Waals surface area contributed by atoms with Crippen LogP contribution in [0.25, 0.3) is 0 Å². The van der Waals surface area contributed by atoms with E-state index in [0.29, 0.717) is 5.82 Å². The average Bonchev–Trinajstić information content (AvgIpc) is 2.45. The smallest absolute Gasteiger partial charge is 0.132 e. The summed E-state index contributed by atoms with van der Waals surface area (Å²) in [7, 11) is 0. The van der Waals surface area contributed by atoms with Crippen LogP contribution in [0.2, 0.25) is 0 Å². The molecule has 2 rings (SSSR count). The van der Waals surface area contributed by atoms with Gasteiger partial charge in [-0.1, -0.05) is 37.3 Å². The third-order valence-electron chi connectivity index (χ3n) is 3.46. The fourth-order valence-electron chi connectivity index (χ4n) is 2.25. The first-order chi connectivity index (χ1) is 9.98. The molecule has 0 radical (unpaired) electrons.